The molecule has 0 saturated heterocycles. The summed E-state index contributed by atoms with van der Waals surface area (Å²) < 4.78 is 40.3. The van der Waals surface area contributed by atoms with Crippen LogP contribution in [0.5, 0.6) is 0 Å². The van der Waals surface area contributed by atoms with Gasteiger partial charge in [0.05, 0.1) is 17.9 Å². The molecular weight excluding hydrogens is 323 g/mol. The highest BCUT2D eigenvalue weighted by molar-refractivity contribution is 7.94. The quantitative estimate of drug-likeness (QED) is 0.870. The standard InChI is InChI=1S/C14H21FN4O3S/c1-14(2,3)17-13(20)16-7-8-19-12-9-10(15)5-6-11(12)18(4)23(19,21)22/h5-6,9H,7-8H2,1-4H3,(H2,16,17,20). The minimum atomic E-state index is -3.75. The molecule has 2 amide bonds. The Morgan fingerprint density at radius 3 is 2.52 bits per heavy atom. The summed E-state index contributed by atoms with van der Waals surface area (Å²) >= 11 is 0. The highest BCUT2D eigenvalue weighted by atomic mass is 32.2. The van der Waals surface area contributed by atoms with Crippen molar-refractivity contribution in [2.45, 2.75) is 26.3 Å². The van der Waals surface area contributed by atoms with Crippen LogP contribution in [0.2, 0.25) is 0 Å². The van der Waals surface area contributed by atoms with Crippen LogP contribution >= 0.6 is 0 Å². The summed E-state index contributed by atoms with van der Waals surface area (Å²) in [4.78, 5) is 11.7. The zero-order valence-corrected chi connectivity index (χ0v) is 14.4. The average molecular weight is 344 g/mol. The van der Waals surface area contributed by atoms with E-state index < -0.39 is 16.0 Å². The van der Waals surface area contributed by atoms with E-state index in [1.165, 1.54) is 25.2 Å². The molecule has 0 spiro atoms. The molecule has 7 nitrogen and oxygen atoms in total. The Labute approximate surface area is 135 Å². The van der Waals surface area contributed by atoms with Crippen LogP contribution in [-0.4, -0.2) is 40.1 Å². The molecule has 0 atom stereocenters. The van der Waals surface area contributed by atoms with Crippen molar-refractivity contribution in [3.05, 3.63) is 24.0 Å². The van der Waals surface area contributed by atoms with Crippen molar-refractivity contribution in [1.82, 2.24) is 10.6 Å². The fourth-order valence-corrected chi connectivity index (χ4v) is 3.67. The van der Waals surface area contributed by atoms with Gasteiger partial charge in [-0.15, -0.1) is 0 Å². The molecule has 23 heavy (non-hydrogen) atoms. The highest BCUT2D eigenvalue weighted by Crippen LogP contribution is 2.39. The van der Waals surface area contributed by atoms with Crippen molar-refractivity contribution in [2.24, 2.45) is 0 Å². The number of benzene rings is 1. The molecular formula is C14H21FN4O3S. The smallest absolute Gasteiger partial charge is 0.326 e. The van der Waals surface area contributed by atoms with Crippen molar-refractivity contribution in [2.75, 3.05) is 28.7 Å². The topological polar surface area (TPSA) is 81.8 Å². The maximum atomic E-state index is 13.4. The van der Waals surface area contributed by atoms with Crippen molar-refractivity contribution in [3.8, 4) is 0 Å². The first kappa shape index (κ1) is 17.3. The number of hydrogen-bond donors (Lipinski definition) is 2. The van der Waals surface area contributed by atoms with Gasteiger partial charge in [-0.3, -0.25) is 4.31 Å². The number of fused-ring (bicyclic) bond motifs is 1. The molecule has 2 rings (SSSR count). The molecule has 2 N–H and O–H groups in total. The van der Waals surface area contributed by atoms with Gasteiger partial charge in [0, 0.05) is 25.2 Å². The van der Waals surface area contributed by atoms with Gasteiger partial charge in [0.2, 0.25) is 0 Å². The van der Waals surface area contributed by atoms with Gasteiger partial charge in [0.15, 0.2) is 0 Å². The predicted octanol–water partition coefficient (Wildman–Crippen LogP) is 1.42. The minimum absolute atomic E-state index is 0.0146. The molecule has 0 bridgehead atoms. The van der Waals surface area contributed by atoms with Crippen LogP contribution in [0.15, 0.2) is 18.2 Å². The van der Waals surface area contributed by atoms with E-state index in [2.05, 4.69) is 10.6 Å². The summed E-state index contributed by atoms with van der Waals surface area (Å²) in [6.45, 7) is 5.63. The molecule has 1 aromatic rings. The molecule has 1 heterocycles. The first-order valence-corrected chi connectivity index (χ1v) is 8.54. The maximum Gasteiger partial charge on any atom is 0.326 e. The third-order valence-electron chi connectivity index (χ3n) is 3.26. The summed E-state index contributed by atoms with van der Waals surface area (Å²) in [7, 11) is -2.34. The Hall–Kier alpha value is -2.03. The Balaban J connectivity index is 2.08. The zero-order valence-electron chi connectivity index (χ0n) is 13.6. The van der Waals surface area contributed by atoms with Gasteiger partial charge >= 0.3 is 16.2 Å². The number of halogens is 1. The fourth-order valence-electron chi connectivity index (χ4n) is 2.25. The predicted molar refractivity (Wildman–Crippen MR) is 87.4 cm³/mol. The SMILES string of the molecule is CN1c2ccc(F)cc2N(CCNC(=O)NC(C)(C)C)S1(=O)=O. The van der Waals surface area contributed by atoms with Gasteiger partial charge in [-0.25, -0.2) is 13.5 Å². The lowest BCUT2D eigenvalue weighted by molar-refractivity contribution is 0.232. The second kappa shape index (κ2) is 5.88. The van der Waals surface area contributed by atoms with Gasteiger partial charge < -0.3 is 10.6 Å². The number of amides is 2. The van der Waals surface area contributed by atoms with Crippen LogP contribution in [0.1, 0.15) is 20.8 Å². The third kappa shape index (κ3) is 3.66. The molecule has 0 saturated carbocycles. The number of nitrogens with zero attached hydrogens (tertiary/aromatic N) is 2. The Morgan fingerprint density at radius 1 is 1.26 bits per heavy atom. The van der Waals surface area contributed by atoms with E-state index in [0.29, 0.717) is 5.69 Å². The summed E-state index contributed by atoms with van der Waals surface area (Å²) in [6.07, 6.45) is 0. The van der Waals surface area contributed by atoms with Crippen LogP contribution in [-0.2, 0) is 10.2 Å². The van der Waals surface area contributed by atoms with Crippen LogP contribution in [0.3, 0.4) is 0 Å². The molecule has 9 heteroatoms. The van der Waals surface area contributed by atoms with E-state index in [1.807, 2.05) is 20.8 Å². The van der Waals surface area contributed by atoms with E-state index in [-0.39, 0.29) is 30.3 Å². The van der Waals surface area contributed by atoms with E-state index in [9.17, 15) is 17.6 Å². The lowest BCUT2D eigenvalue weighted by atomic mass is 10.1. The lowest BCUT2D eigenvalue weighted by Gasteiger charge is -2.22. The molecule has 0 aromatic heterocycles. The Bertz CT molecular complexity index is 715. The Kier molecular flexibility index (Phi) is 4.43. The molecule has 0 radical (unpaired) electrons. The first-order valence-electron chi connectivity index (χ1n) is 7.14. The normalized spacial score (nSPS) is 16.2. The van der Waals surface area contributed by atoms with Gasteiger partial charge in [0.25, 0.3) is 0 Å². The largest absolute Gasteiger partial charge is 0.336 e. The summed E-state index contributed by atoms with van der Waals surface area (Å²) in [5.41, 5.74) is 0.288. The summed E-state index contributed by atoms with van der Waals surface area (Å²) in [5, 5.41) is 5.31. The fraction of sp³-hybridized carbons (Fsp3) is 0.500. The molecule has 1 aliphatic rings. The number of carbonyl (C=O) groups excluding carboxylic acids is 1. The number of nitrogens with one attached hydrogen (secondary N) is 2. The number of urea groups is 1. The first-order chi connectivity index (χ1) is 10.5. The highest BCUT2D eigenvalue weighted by Gasteiger charge is 2.37. The van der Waals surface area contributed by atoms with Crippen molar-refractivity contribution in [3.63, 3.8) is 0 Å². The van der Waals surface area contributed by atoms with Gasteiger partial charge in [-0.1, -0.05) is 0 Å². The zero-order chi connectivity index (χ0) is 17.4. The van der Waals surface area contributed by atoms with Crippen LogP contribution in [0.25, 0.3) is 0 Å². The van der Waals surface area contributed by atoms with Gasteiger partial charge in [-0.2, -0.15) is 8.42 Å². The average Bonchev–Trinajstić information content (AvgIpc) is 2.57. The molecule has 0 aliphatic carbocycles. The van der Waals surface area contributed by atoms with E-state index in [4.69, 9.17) is 0 Å². The Morgan fingerprint density at radius 2 is 1.91 bits per heavy atom. The van der Waals surface area contributed by atoms with Crippen LogP contribution in [0, 0.1) is 5.82 Å². The molecule has 0 unspecified atom stereocenters. The van der Waals surface area contributed by atoms with E-state index >= 15 is 0 Å². The maximum absolute atomic E-state index is 13.4. The molecule has 128 valence electrons. The van der Waals surface area contributed by atoms with Gasteiger partial charge in [0.1, 0.15) is 5.82 Å². The minimum Gasteiger partial charge on any atom is -0.336 e. The van der Waals surface area contributed by atoms with Crippen LogP contribution < -0.4 is 19.2 Å². The van der Waals surface area contributed by atoms with Crippen molar-refractivity contribution in [1.29, 1.82) is 0 Å². The van der Waals surface area contributed by atoms with E-state index in [0.717, 1.165) is 8.61 Å². The van der Waals surface area contributed by atoms with Crippen molar-refractivity contribution < 1.29 is 17.6 Å². The van der Waals surface area contributed by atoms with Crippen molar-refractivity contribution >= 4 is 27.6 Å². The lowest BCUT2D eigenvalue weighted by Crippen LogP contribution is -2.48. The van der Waals surface area contributed by atoms with Crippen LogP contribution in [0.4, 0.5) is 20.6 Å². The number of hydrogen-bond acceptors (Lipinski definition) is 3. The number of carbonyl (C=O) groups is 1. The number of rotatable bonds is 3. The molecule has 1 aliphatic heterocycles. The monoisotopic (exact) mass is 344 g/mol. The summed E-state index contributed by atoms with van der Waals surface area (Å²) in [5.74, 6) is -0.516. The molecule has 1 aromatic carbocycles. The summed E-state index contributed by atoms with van der Waals surface area (Å²) in [6, 6.07) is 3.42. The third-order valence-corrected chi connectivity index (χ3v) is 5.08. The van der Waals surface area contributed by atoms with Gasteiger partial charge in [-0.05, 0) is 32.9 Å². The molecule has 0 fully saturated rings. The second-order valence-corrected chi connectivity index (χ2v) is 8.20. The number of anilines is 2. The second-order valence-electron chi connectivity index (χ2n) is 6.31. The van der Waals surface area contributed by atoms with E-state index in [1.54, 1.807) is 0 Å².